The Labute approximate surface area is 117 Å². The van der Waals surface area contributed by atoms with Gasteiger partial charge in [0, 0.05) is 18.2 Å². The summed E-state index contributed by atoms with van der Waals surface area (Å²) in [5, 5.41) is 0. The van der Waals surface area contributed by atoms with Gasteiger partial charge < -0.3 is 14.9 Å². The molecule has 4 nitrogen and oxygen atoms in total. The van der Waals surface area contributed by atoms with E-state index in [1.54, 1.807) is 7.11 Å². The van der Waals surface area contributed by atoms with Gasteiger partial charge in [-0.1, -0.05) is 18.2 Å². The molecule has 4 heteroatoms. The molecular weight excluding hydrogens is 250 g/mol. The highest BCUT2D eigenvalue weighted by Crippen LogP contribution is 2.28. The Balaban J connectivity index is 2.16. The SMILES string of the molecule is COc1cccc(-c2cccn3c(CCN)ncc23)c1. The highest BCUT2D eigenvalue weighted by Gasteiger charge is 2.08. The second kappa shape index (κ2) is 5.35. The van der Waals surface area contributed by atoms with Crippen LogP contribution in [0.25, 0.3) is 16.6 Å². The number of nitrogens with zero attached hydrogens (tertiary/aromatic N) is 2. The first-order valence-corrected chi connectivity index (χ1v) is 6.63. The van der Waals surface area contributed by atoms with Crippen molar-refractivity contribution in [2.45, 2.75) is 6.42 Å². The minimum Gasteiger partial charge on any atom is -0.497 e. The third-order valence-corrected chi connectivity index (χ3v) is 3.40. The highest BCUT2D eigenvalue weighted by molar-refractivity contribution is 5.80. The zero-order valence-corrected chi connectivity index (χ0v) is 11.4. The van der Waals surface area contributed by atoms with Crippen LogP contribution in [0.15, 0.2) is 48.8 Å². The Morgan fingerprint density at radius 1 is 1.25 bits per heavy atom. The fourth-order valence-electron chi connectivity index (χ4n) is 2.42. The maximum absolute atomic E-state index is 5.63. The summed E-state index contributed by atoms with van der Waals surface area (Å²) in [6, 6.07) is 12.2. The predicted octanol–water partition coefficient (Wildman–Crippen LogP) is 2.51. The Morgan fingerprint density at radius 2 is 2.15 bits per heavy atom. The average molecular weight is 267 g/mol. The maximum Gasteiger partial charge on any atom is 0.119 e. The van der Waals surface area contributed by atoms with Crippen molar-refractivity contribution in [3.8, 4) is 16.9 Å². The molecule has 0 fully saturated rings. The normalized spacial score (nSPS) is 10.9. The first-order valence-electron chi connectivity index (χ1n) is 6.63. The fourth-order valence-corrected chi connectivity index (χ4v) is 2.42. The van der Waals surface area contributed by atoms with E-state index in [9.17, 15) is 0 Å². The summed E-state index contributed by atoms with van der Waals surface area (Å²) in [6.45, 7) is 0.600. The number of imidazole rings is 1. The summed E-state index contributed by atoms with van der Waals surface area (Å²) < 4.78 is 7.39. The number of ether oxygens (including phenoxy) is 1. The Hall–Kier alpha value is -2.33. The summed E-state index contributed by atoms with van der Waals surface area (Å²) in [6.07, 6.45) is 4.70. The van der Waals surface area contributed by atoms with Gasteiger partial charge in [-0.05, 0) is 30.3 Å². The molecule has 0 aliphatic carbocycles. The van der Waals surface area contributed by atoms with Crippen LogP contribution in [0, 0.1) is 0 Å². The van der Waals surface area contributed by atoms with E-state index in [1.807, 2.05) is 36.7 Å². The van der Waals surface area contributed by atoms with Crippen LogP contribution < -0.4 is 10.5 Å². The number of hydrogen-bond acceptors (Lipinski definition) is 3. The van der Waals surface area contributed by atoms with Crippen LogP contribution in [-0.2, 0) is 6.42 Å². The molecule has 0 atom stereocenters. The van der Waals surface area contributed by atoms with Crippen LogP contribution in [0.2, 0.25) is 0 Å². The summed E-state index contributed by atoms with van der Waals surface area (Å²) in [4.78, 5) is 4.47. The second-order valence-electron chi connectivity index (χ2n) is 4.62. The maximum atomic E-state index is 5.63. The van der Waals surface area contributed by atoms with E-state index < -0.39 is 0 Å². The molecule has 1 aromatic carbocycles. The van der Waals surface area contributed by atoms with Crippen molar-refractivity contribution in [2.75, 3.05) is 13.7 Å². The lowest BCUT2D eigenvalue weighted by Gasteiger charge is -2.07. The minimum atomic E-state index is 0.600. The second-order valence-corrected chi connectivity index (χ2v) is 4.62. The first kappa shape index (κ1) is 12.7. The predicted molar refractivity (Wildman–Crippen MR) is 79.9 cm³/mol. The van der Waals surface area contributed by atoms with Gasteiger partial charge in [0.1, 0.15) is 11.6 Å². The number of aromatic nitrogens is 2. The highest BCUT2D eigenvalue weighted by atomic mass is 16.5. The summed E-state index contributed by atoms with van der Waals surface area (Å²) in [5.41, 5.74) is 8.98. The standard InChI is InChI=1S/C16H17N3O/c1-20-13-5-2-4-12(10-13)14-6-3-9-19-15(14)11-18-16(19)7-8-17/h2-6,9-11H,7-8,17H2,1H3. The molecule has 2 aromatic heterocycles. The van der Waals surface area contributed by atoms with E-state index in [0.29, 0.717) is 6.54 Å². The monoisotopic (exact) mass is 267 g/mol. The van der Waals surface area contributed by atoms with E-state index in [2.05, 4.69) is 21.5 Å². The molecule has 0 unspecified atom stereocenters. The van der Waals surface area contributed by atoms with Crippen molar-refractivity contribution in [1.29, 1.82) is 0 Å². The van der Waals surface area contributed by atoms with Crippen molar-refractivity contribution in [3.63, 3.8) is 0 Å². The van der Waals surface area contributed by atoms with Crippen molar-refractivity contribution in [3.05, 3.63) is 54.6 Å². The van der Waals surface area contributed by atoms with Crippen LogP contribution in [0.4, 0.5) is 0 Å². The van der Waals surface area contributed by atoms with E-state index in [0.717, 1.165) is 34.6 Å². The third kappa shape index (κ3) is 2.14. The number of rotatable bonds is 4. The molecule has 20 heavy (non-hydrogen) atoms. The van der Waals surface area contributed by atoms with Crippen molar-refractivity contribution in [1.82, 2.24) is 9.38 Å². The van der Waals surface area contributed by atoms with Crippen LogP contribution in [0.5, 0.6) is 5.75 Å². The molecule has 102 valence electrons. The lowest BCUT2D eigenvalue weighted by molar-refractivity contribution is 0.415. The van der Waals surface area contributed by atoms with E-state index in [-0.39, 0.29) is 0 Å². The van der Waals surface area contributed by atoms with Gasteiger partial charge >= 0.3 is 0 Å². The van der Waals surface area contributed by atoms with Crippen molar-refractivity contribution >= 4 is 5.52 Å². The largest absolute Gasteiger partial charge is 0.497 e. The average Bonchev–Trinajstić information content (AvgIpc) is 2.91. The Bertz CT molecular complexity index is 733. The van der Waals surface area contributed by atoms with Gasteiger partial charge in [0.15, 0.2) is 0 Å². The Kier molecular flexibility index (Phi) is 3.39. The molecule has 3 rings (SSSR count). The van der Waals surface area contributed by atoms with Gasteiger partial charge in [0.2, 0.25) is 0 Å². The molecule has 0 bridgehead atoms. The molecule has 0 amide bonds. The van der Waals surface area contributed by atoms with Crippen LogP contribution in [-0.4, -0.2) is 23.0 Å². The summed E-state index contributed by atoms with van der Waals surface area (Å²) >= 11 is 0. The van der Waals surface area contributed by atoms with Gasteiger partial charge in [0.25, 0.3) is 0 Å². The van der Waals surface area contributed by atoms with Gasteiger partial charge in [-0.25, -0.2) is 4.98 Å². The van der Waals surface area contributed by atoms with E-state index in [1.165, 1.54) is 0 Å². The lowest BCUT2D eigenvalue weighted by atomic mass is 10.1. The summed E-state index contributed by atoms with van der Waals surface area (Å²) in [5.74, 6) is 1.85. The molecule has 0 spiro atoms. The summed E-state index contributed by atoms with van der Waals surface area (Å²) in [7, 11) is 1.68. The number of fused-ring (bicyclic) bond motifs is 1. The molecule has 2 heterocycles. The van der Waals surface area contributed by atoms with Crippen molar-refractivity contribution in [2.24, 2.45) is 5.73 Å². The molecule has 0 saturated carbocycles. The van der Waals surface area contributed by atoms with Gasteiger partial charge in [-0.3, -0.25) is 0 Å². The number of methoxy groups -OCH3 is 1. The molecule has 0 radical (unpaired) electrons. The first-order chi connectivity index (χ1) is 9.83. The van der Waals surface area contributed by atoms with Gasteiger partial charge in [0.05, 0.1) is 18.8 Å². The molecule has 0 aliphatic heterocycles. The van der Waals surface area contributed by atoms with E-state index >= 15 is 0 Å². The smallest absolute Gasteiger partial charge is 0.119 e. The molecule has 0 aliphatic rings. The quantitative estimate of drug-likeness (QED) is 0.790. The number of hydrogen-bond donors (Lipinski definition) is 1. The van der Waals surface area contributed by atoms with Crippen molar-refractivity contribution < 1.29 is 4.74 Å². The van der Waals surface area contributed by atoms with Gasteiger partial charge in [-0.15, -0.1) is 0 Å². The van der Waals surface area contributed by atoms with Gasteiger partial charge in [-0.2, -0.15) is 0 Å². The molecular formula is C16H17N3O. The zero-order valence-electron chi connectivity index (χ0n) is 11.4. The third-order valence-electron chi connectivity index (χ3n) is 3.40. The lowest BCUT2D eigenvalue weighted by Crippen LogP contribution is -2.06. The fraction of sp³-hybridized carbons (Fsp3) is 0.188. The molecule has 3 aromatic rings. The molecule has 2 N–H and O–H groups in total. The number of nitrogens with two attached hydrogens (primary N) is 1. The Morgan fingerprint density at radius 3 is 2.95 bits per heavy atom. The zero-order chi connectivity index (χ0) is 13.9. The minimum absolute atomic E-state index is 0.600. The molecule has 0 saturated heterocycles. The van der Waals surface area contributed by atoms with Crippen LogP contribution in [0.3, 0.4) is 0 Å². The van der Waals surface area contributed by atoms with Crippen LogP contribution >= 0.6 is 0 Å². The number of benzene rings is 1. The van der Waals surface area contributed by atoms with E-state index in [4.69, 9.17) is 10.5 Å². The topological polar surface area (TPSA) is 52.5 Å². The van der Waals surface area contributed by atoms with Crippen LogP contribution in [0.1, 0.15) is 5.82 Å². The number of pyridine rings is 1.